The van der Waals surface area contributed by atoms with Gasteiger partial charge in [0.2, 0.25) is 0 Å². The van der Waals surface area contributed by atoms with Crippen LogP contribution in [0.4, 0.5) is 0 Å². The predicted octanol–water partition coefficient (Wildman–Crippen LogP) is 1.63. The van der Waals surface area contributed by atoms with Crippen molar-refractivity contribution in [3.63, 3.8) is 0 Å². The summed E-state index contributed by atoms with van der Waals surface area (Å²) >= 11 is 0. The predicted molar refractivity (Wildman–Crippen MR) is 376 cm³/mol. The molecular weight excluding hydrogens is 1170 g/mol. The Morgan fingerprint density at radius 1 is 0.207 bits per heavy atom. The summed E-state index contributed by atoms with van der Waals surface area (Å²) in [6.07, 6.45) is -0.650. The molecule has 0 fully saturated rings. The normalized spacial score (nSPS) is 19.9. The summed E-state index contributed by atoms with van der Waals surface area (Å²) in [5, 5.41) is 136. The van der Waals surface area contributed by atoms with Crippen LogP contribution >= 0.6 is 0 Å². The van der Waals surface area contributed by atoms with Crippen molar-refractivity contribution >= 4 is 0 Å². The van der Waals surface area contributed by atoms with Crippen molar-refractivity contribution in [3.05, 3.63) is 0 Å². The number of unbranched alkanes of at least 4 members (excludes halogenated alkanes) is 3. The van der Waals surface area contributed by atoms with Gasteiger partial charge in [0.25, 0.3) is 0 Å². The van der Waals surface area contributed by atoms with E-state index in [0.29, 0.717) is 110 Å². The highest BCUT2D eigenvalue weighted by molar-refractivity contribution is 4.86. The third kappa shape index (κ3) is 47.9. The molecule has 0 rings (SSSR count). The zero-order valence-electron chi connectivity index (χ0n) is 61.0. The Hall–Kier alpha value is -0.920. The summed E-state index contributed by atoms with van der Waals surface area (Å²) < 4.78 is 0. The molecule has 22 N–H and O–H groups in total. The van der Waals surface area contributed by atoms with E-state index in [-0.39, 0.29) is 131 Å². The molecule has 0 spiro atoms. The maximum atomic E-state index is 11.9. The molecule has 92 heavy (non-hydrogen) atoms. The molecule has 0 aliphatic rings. The molecule has 23 heteroatoms. The molecule has 23 nitrogen and oxygen atoms in total. The van der Waals surface area contributed by atoms with Crippen molar-refractivity contribution in [2.45, 2.75) is 334 Å². The van der Waals surface area contributed by atoms with Crippen LogP contribution in [0, 0.1) is 17.8 Å². The molecule has 0 amide bonds. The zero-order valence-corrected chi connectivity index (χ0v) is 61.0. The molecule has 0 radical (unpaired) electrons. The number of hydrogen-bond donors (Lipinski definition) is 17. The van der Waals surface area contributed by atoms with Gasteiger partial charge in [0.05, 0.1) is 73.2 Å². The van der Waals surface area contributed by atoms with E-state index >= 15 is 0 Å². The lowest BCUT2D eigenvalue weighted by molar-refractivity contribution is 0.00446. The van der Waals surface area contributed by atoms with Crippen LogP contribution in [0.3, 0.4) is 0 Å². The largest absolute Gasteiger partial charge is 0.392 e. The first-order valence-electron chi connectivity index (χ1n) is 36.1. The molecule has 0 aromatic rings. The van der Waals surface area contributed by atoms with Crippen LogP contribution in [0.15, 0.2) is 0 Å². The second-order valence-electron chi connectivity index (χ2n) is 30.9. The van der Waals surface area contributed by atoms with E-state index in [1.54, 1.807) is 0 Å². The van der Waals surface area contributed by atoms with Gasteiger partial charge in [0, 0.05) is 133 Å². The van der Waals surface area contributed by atoms with Gasteiger partial charge in [-0.05, 0) is 183 Å². The van der Waals surface area contributed by atoms with E-state index in [4.69, 9.17) is 28.7 Å². The lowest BCUT2D eigenvalue weighted by Crippen LogP contribution is -2.48. The highest BCUT2D eigenvalue weighted by atomic mass is 16.3. The molecule has 0 aromatic heterocycles. The van der Waals surface area contributed by atoms with E-state index in [9.17, 15) is 61.3 Å². The van der Waals surface area contributed by atoms with Crippen LogP contribution in [0.25, 0.3) is 0 Å². The maximum Gasteiger partial charge on any atom is 0.0681 e. The average Bonchev–Trinajstić information content (AvgIpc) is 2.13. The van der Waals surface area contributed by atoms with Gasteiger partial charge in [0.15, 0.2) is 0 Å². The van der Waals surface area contributed by atoms with Gasteiger partial charge in [-0.1, -0.05) is 54.4 Å². The molecule has 21 atom stereocenters. The summed E-state index contributed by atoms with van der Waals surface area (Å²) in [4.78, 5) is 12.3. The average molecular weight is 1330 g/mol. The van der Waals surface area contributed by atoms with Gasteiger partial charge in [0.1, 0.15) is 0 Å². The summed E-state index contributed by atoms with van der Waals surface area (Å²) in [5.74, 6) is 0.830. The van der Waals surface area contributed by atoms with Crippen molar-refractivity contribution in [2.75, 3.05) is 91.6 Å². The molecule has 0 heterocycles. The smallest absolute Gasteiger partial charge is 0.0681 e. The standard InChI is InChI=1S/C69H151N11O12/c1-46(2)22-58(81)38-77(39-59(82)23-47(3)4)54(12)30-66(89)34-75(36-68(91)32-56(14)79(42-62(85)26-50(8)71)43-63(86)27-51(9)72)20-18-16-17-19-21-76(35-67(90)31-55(13)78(40-60(83)24-48(5)6)41-61(84)25-49(7)70)37-69(92)33-57(15)80(44-64(87)28-52(10)73)45-65(88)29-53(11)74/h46-69,81-92H,16-45,70-74H2,1-15H3. The molecule has 0 saturated heterocycles. The van der Waals surface area contributed by atoms with E-state index in [0.717, 1.165) is 25.7 Å². The number of aliphatic hydroxyl groups is 12. The highest BCUT2D eigenvalue weighted by Crippen LogP contribution is 2.21. The topological polar surface area (TPSA) is 392 Å². The van der Waals surface area contributed by atoms with Gasteiger partial charge < -0.3 is 89.9 Å². The van der Waals surface area contributed by atoms with Gasteiger partial charge in [-0.3, -0.25) is 29.4 Å². The lowest BCUT2D eigenvalue weighted by atomic mass is 10.0. The van der Waals surface area contributed by atoms with Crippen LogP contribution in [-0.2, 0) is 0 Å². The Morgan fingerprint density at radius 2 is 0.359 bits per heavy atom. The van der Waals surface area contributed by atoms with E-state index in [1.165, 1.54) is 0 Å². The molecule has 554 valence electrons. The zero-order chi connectivity index (χ0) is 70.5. The van der Waals surface area contributed by atoms with Crippen LogP contribution in [-0.4, -0.2) is 310 Å². The van der Waals surface area contributed by atoms with E-state index in [2.05, 4.69) is 56.2 Å². The number of hydrogen-bond acceptors (Lipinski definition) is 23. The summed E-state index contributed by atoms with van der Waals surface area (Å²) in [7, 11) is 0. The fourth-order valence-electron chi connectivity index (χ4n) is 13.5. The first-order valence-corrected chi connectivity index (χ1v) is 36.1. The van der Waals surface area contributed by atoms with Crippen molar-refractivity contribution in [2.24, 2.45) is 46.4 Å². The van der Waals surface area contributed by atoms with Crippen molar-refractivity contribution < 1.29 is 61.3 Å². The van der Waals surface area contributed by atoms with E-state index < -0.39 is 73.2 Å². The van der Waals surface area contributed by atoms with Gasteiger partial charge in [-0.25, -0.2) is 0 Å². The second-order valence-corrected chi connectivity index (χ2v) is 30.9. The van der Waals surface area contributed by atoms with Gasteiger partial charge >= 0.3 is 0 Å². The Labute approximate surface area is 560 Å². The summed E-state index contributed by atoms with van der Waals surface area (Å²) in [6.45, 7) is 34.1. The third-order valence-corrected chi connectivity index (χ3v) is 17.5. The minimum atomic E-state index is -0.838. The minimum Gasteiger partial charge on any atom is -0.392 e. The van der Waals surface area contributed by atoms with Gasteiger partial charge in [-0.15, -0.1) is 0 Å². The molecular formula is C69H151N11O12. The Morgan fingerprint density at radius 3 is 0.511 bits per heavy atom. The van der Waals surface area contributed by atoms with Crippen LogP contribution in [0.2, 0.25) is 0 Å². The maximum absolute atomic E-state index is 11.9. The Kier molecular flexibility index (Phi) is 49.9. The Balaban J connectivity index is 6.93. The molecule has 0 aromatic carbocycles. The fourth-order valence-corrected chi connectivity index (χ4v) is 13.5. The molecule has 0 aliphatic carbocycles. The quantitative estimate of drug-likeness (QED) is 0.0385. The first kappa shape index (κ1) is 91.1. The summed E-state index contributed by atoms with van der Waals surface area (Å²) in [5.41, 5.74) is 30.3. The highest BCUT2D eigenvalue weighted by Gasteiger charge is 2.31. The molecule has 0 aliphatic heterocycles. The van der Waals surface area contributed by atoms with Crippen molar-refractivity contribution in [3.8, 4) is 0 Å². The minimum absolute atomic E-state index is 0.180. The molecule has 0 saturated carbocycles. The SMILES string of the molecule is CC(C)CC(O)CN(CC(O)CC(C)C)C(C)CC(O)CN(CCCCCCN(CC(O)CC(C)N(CC(O)CC(C)C)CC(O)CC(C)N)CC(O)CC(C)N(CC(O)CC(C)N)CC(O)CC(C)N)CC(O)CC(C)N(CC(O)CC(C)N)CC(O)CC(C)N. The molecule has 21 unspecified atom stereocenters. The van der Waals surface area contributed by atoms with E-state index in [1.807, 2.05) is 77.0 Å². The number of nitrogens with two attached hydrogens (primary N) is 5. The number of aliphatic hydroxyl groups excluding tert-OH is 12. The summed E-state index contributed by atoms with van der Waals surface area (Å²) in [6, 6.07) is -2.02. The third-order valence-electron chi connectivity index (χ3n) is 17.5. The first-order chi connectivity index (χ1) is 42.7. The lowest BCUT2D eigenvalue weighted by Gasteiger charge is -2.36. The number of nitrogens with zero attached hydrogens (tertiary/aromatic N) is 6. The fraction of sp³-hybridized carbons (Fsp3) is 1.00. The van der Waals surface area contributed by atoms with Crippen LogP contribution < -0.4 is 28.7 Å². The molecule has 0 bridgehead atoms. The van der Waals surface area contributed by atoms with Crippen molar-refractivity contribution in [1.29, 1.82) is 0 Å². The monoisotopic (exact) mass is 1330 g/mol. The van der Waals surface area contributed by atoms with Crippen LogP contribution in [0.5, 0.6) is 0 Å². The number of rotatable bonds is 59. The van der Waals surface area contributed by atoms with Crippen molar-refractivity contribution in [1.82, 2.24) is 29.4 Å². The second kappa shape index (κ2) is 50.4. The van der Waals surface area contributed by atoms with Gasteiger partial charge in [-0.2, -0.15) is 0 Å². The Bertz CT molecular complexity index is 1440. The van der Waals surface area contributed by atoms with Crippen LogP contribution in [0.1, 0.15) is 207 Å².